The maximum Gasteiger partial charge on any atom is 0.246 e. The Morgan fingerprint density at radius 2 is 1.82 bits per heavy atom. The van der Waals surface area contributed by atoms with E-state index < -0.39 is 11.5 Å². The molecule has 120 valence electrons. The number of amides is 1. The number of aliphatic imine (C=N–C) groups is 1. The fourth-order valence-electron chi connectivity index (χ4n) is 4.43. The Balaban J connectivity index is 1.97. The molecule has 1 aliphatic carbocycles. The molecule has 22 heavy (non-hydrogen) atoms. The summed E-state index contributed by atoms with van der Waals surface area (Å²) in [5, 5.41) is 12.4. The first kappa shape index (κ1) is 15.3. The molecule has 0 unspecified atom stereocenters. The minimum atomic E-state index is -0.632. The number of carbonyl (C=O) groups is 1. The van der Waals surface area contributed by atoms with Gasteiger partial charge in [-0.15, -0.1) is 0 Å². The van der Waals surface area contributed by atoms with Crippen LogP contribution in [0.1, 0.15) is 65.2 Å². The molecule has 0 aromatic carbocycles. The molecule has 0 aromatic heterocycles. The van der Waals surface area contributed by atoms with Gasteiger partial charge in [0.2, 0.25) is 11.9 Å². The molecule has 2 heterocycles. The first-order chi connectivity index (χ1) is 10.6. The van der Waals surface area contributed by atoms with Crippen molar-refractivity contribution < 1.29 is 4.79 Å². The molecule has 0 radical (unpaired) electrons. The van der Waals surface area contributed by atoms with Crippen LogP contribution in [-0.2, 0) is 4.79 Å². The topological polar surface area (TPSA) is 68.5 Å². The van der Waals surface area contributed by atoms with E-state index >= 15 is 0 Å². The molecule has 0 bridgehead atoms. The second-order valence-corrected chi connectivity index (χ2v) is 7.19. The highest BCUT2D eigenvalue weighted by molar-refractivity contribution is 6.02. The zero-order chi connectivity index (χ0) is 15.7. The molecule has 3 rings (SSSR count). The van der Waals surface area contributed by atoms with Gasteiger partial charge in [0.1, 0.15) is 0 Å². The fourth-order valence-corrected chi connectivity index (χ4v) is 4.43. The Kier molecular flexibility index (Phi) is 4.12. The number of guanidine groups is 1. The zero-order valence-corrected chi connectivity index (χ0v) is 13.6. The average molecular weight is 302 g/mol. The van der Waals surface area contributed by atoms with Crippen molar-refractivity contribution in [3.05, 3.63) is 0 Å². The summed E-state index contributed by atoms with van der Waals surface area (Å²) in [7, 11) is 0. The van der Waals surface area contributed by atoms with E-state index in [-0.39, 0.29) is 5.91 Å². The Morgan fingerprint density at radius 1 is 1.18 bits per heavy atom. The monoisotopic (exact) mass is 302 g/mol. The maximum atomic E-state index is 12.5. The standard InChI is InChI=1S/C17H26N4O/c1-12-7-6-8-13(2)21(12)16-19-15(22)14(11-18)17(20-16)9-4-3-5-10-17/h12-14H,3-10H2,1-2H3,(H,19,20,22)/t12-,13+,14-/m0/s1. The minimum Gasteiger partial charge on any atom is -0.337 e. The molecular formula is C17H26N4O. The molecule has 3 atom stereocenters. The Morgan fingerprint density at radius 3 is 2.41 bits per heavy atom. The van der Waals surface area contributed by atoms with Crippen molar-refractivity contribution in [1.82, 2.24) is 10.2 Å². The van der Waals surface area contributed by atoms with Gasteiger partial charge in [0, 0.05) is 12.1 Å². The molecule has 1 spiro atoms. The van der Waals surface area contributed by atoms with Crippen LogP contribution in [0.2, 0.25) is 0 Å². The van der Waals surface area contributed by atoms with Gasteiger partial charge in [0.15, 0.2) is 5.92 Å². The number of hydrogen-bond acceptors (Lipinski definition) is 4. The van der Waals surface area contributed by atoms with E-state index in [0.29, 0.717) is 12.1 Å². The van der Waals surface area contributed by atoms with Gasteiger partial charge in [0.05, 0.1) is 11.6 Å². The van der Waals surface area contributed by atoms with Crippen LogP contribution in [0.25, 0.3) is 0 Å². The van der Waals surface area contributed by atoms with E-state index in [2.05, 4.69) is 30.1 Å². The summed E-state index contributed by atoms with van der Waals surface area (Å²) in [5.41, 5.74) is -0.485. The number of carbonyl (C=O) groups excluding carboxylic acids is 1. The van der Waals surface area contributed by atoms with Crippen LogP contribution >= 0.6 is 0 Å². The molecule has 2 fully saturated rings. The average Bonchev–Trinajstić information content (AvgIpc) is 2.47. The molecule has 1 saturated heterocycles. The van der Waals surface area contributed by atoms with Crippen molar-refractivity contribution in [3.8, 4) is 6.07 Å². The third-order valence-corrected chi connectivity index (χ3v) is 5.65. The Bertz CT molecular complexity index is 505. The largest absolute Gasteiger partial charge is 0.337 e. The van der Waals surface area contributed by atoms with Crippen molar-refractivity contribution in [3.63, 3.8) is 0 Å². The van der Waals surface area contributed by atoms with Crippen LogP contribution in [0.15, 0.2) is 4.99 Å². The number of rotatable bonds is 0. The number of hydrogen-bond donors (Lipinski definition) is 1. The highest BCUT2D eigenvalue weighted by atomic mass is 16.2. The van der Waals surface area contributed by atoms with E-state index in [9.17, 15) is 10.1 Å². The van der Waals surface area contributed by atoms with E-state index in [1.807, 2.05) is 0 Å². The summed E-state index contributed by atoms with van der Waals surface area (Å²) in [6.07, 6.45) is 8.52. The van der Waals surface area contributed by atoms with Crippen molar-refractivity contribution in [2.45, 2.75) is 82.8 Å². The van der Waals surface area contributed by atoms with Crippen LogP contribution in [0.4, 0.5) is 0 Å². The van der Waals surface area contributed by atoms with E-state index in [4.69, 9.17) is 4.99 Å². The second-order valence-electron chi connectivity index (χ2n) is 7.19. The first-order valence-electron chi connectivity index (χ1n) is 8.66. The van der Waals surface area contributed by atoms with Gasteiger partial charge in [-0.2, -0.15) is 5.26 Å². The van der Waals surface area contributed by atoms with Gasteiger partial charge in [-0.25, -0.2) is 4.99 Å². The molecule has 5 nitrogen and oxygen atoms in total. The predicted molar refractivity (Wildman–Crippen MR) is 85.1 cm³/mol. The molecule has 1 saturated carbocycles. The van der Waals surface area contributed by atoms with Crippen LogP contribution < -0.4 is 5.32 Å². The van der Waals surface area contributed by atoms with Crippen LogP contribution in [0.3, 0.4) is 0 Å². The first-order valence-corrected chi connectivity index (χ1v) is 8.66. The molecule has 0 aromatic rings. The van der Waals surface area contributed by atoms with Crippen molar-refractivity contribution in [1.29, 1.82) is 5.26 Å². The normalized spacial score (nSPS) is 34.8. The number of piperidine rings is 1. The fraction of sp³-hybridized carbons (Fsp3) is 0.824. The third kappa shape index (κ3) is 2.49. The highest BCUT2D eigenvalue weighted by Gasteiger charge is 2.48. The lowest BCUT2D eigenvalue weighted by molar-refractivity contribution is -0.125. The molecule has 2 aliphatic heterocycles. The van der Waals surface area contributed by atoms with E-state index in [1.54, 1.807) is 0 Å². The smallest absolute Gasteiger partial charge is 0.246 e. The molecular weight excluding hydrogens is 276 g/mol. The second kappa shape index (κ2) is 5.91. The lowest BCUT2D eigenvalue weighted by Crippen LogP contribution is -2.61. The molecule has 1 N–H and O–H groups in total. The van der Waals surface area contributed by atoms with Gasteiger partial charge in [-0.3, -0.25) is 10.1 Å². The van der Waals surface area contributed by atoms with E-state index in [1.165, 1.54) is 12.8 Å². The van der Waals surface area contributed by atoms with Gasteiger partial charge in [-0.05, 0) is 46.0 Å². The summed E-state index contributed by atoms with van der Waals surface area (Å²) in [4.78, 5) is 19.8. The summed E-state index contributed by atoms with van der Waals surface area (Å²) in [6, 6.07) is 3.00. The van der Waals surface area contributed by atoms with Gasteiger partial charge < -0.3 is 4.90 Å². The SMILES string of the molecule is C[C@@H]1CCC[C@H](C)N1C1=NC2(CCCCC2)[C@@H](C#N)C(=O)N1. The quantitative estimate of drug-likeness (QED) is 0.747. The maximum absolute atomic E-state index is 12.5. The number of nitrogens with zero attached hydrogens (tertiary/aromatic N) is 3. The Labute approximate surface area is 132 Å². The number of nitriles is 1. The van der Waals surface area contributed by atoms with Gasteiger partial charge >= 0.3 is 0 Å². The summed E-state index contributed by atoms with van der Waals surface area (Å²) >= 11 is 0. The van der Waals surface area contributed by atoms with Crippen LogP contribution in [-0.4, -0.2) is 34.4 Å². The number of nitrogens with one attached hydrogen (secondary N) is 1. The highest BCUT2D eigenvalue weighted by Crippen LogP contribution is 2.40. The summed E-state index contributed by atoms with van der Waals surface area (Å²) in [6.45, 7) is 4.41. The third-order valence-electron chi connectivity index (χ3n) is 5.65. The van der Waals surface area contributed by atoms with Crippen molar-refractivity contribution in [2.24, 2.45) is 10.9 Å². The van der Waals surface area contributed by atoms with Crippen molar-refractivity contribution in [2.75, 3.05) is 0 Å². The van der Waals surface area contributed by atoms with Gasteiger partial charge in [-0.1, -0.05) is 19.3 Å². The predicted octanol–water partition coefficient (Wildman–Crippen LogP) is 2.58. The molecule has 3 aliphatic rings. The molecule has 1 amide bonds. The lowest BCUT2D eigenvalue weighted by Gasteiger charge is -2.46. The minimum absolute atomic E-state index is 0.153. The number of likely N-dealkylation sites (tertiary alicyclic amines) is 1. The Hall–Kier alpha value is -1.57. The van der Waals surface area contributed by atoms with Crippen LogP contribution in [0.5, 0.6) is 0 Å². The zero-order valence-electron chi connectivity index (χ0n) is 13.6. The lowest BCUT2D eigenvalue weighted by atomic mass is 9.72. The van der Waals surface area contributed by atoms with Crippen LogP contribution in [0, 0.1) is 17.2 Å². The van der Waals surface area contributed by atoms with E-state index in [0.717, 1.165) is 44.5 Å². The van der Waals surface area contributed by atoms with Crippen molar-refractivity contribution >= 4 is 11.9 Å². The van der Waals surface area contributed by atoms with Gasteiger partial charge in [0.25, 0.3) is 0 Å². The molecule has 5 heteroatoms. The summed E-state index contributed by atoms with van der Waals surface area (Å²) < 4.78 is 0. The summed E-state index contributed by atoms with van der Waals surface area (Å²) in [5.74, 6) is -0.0653.